The fraction of sp³-hybridized carbons (Fsp3) is 0.0435. The molecule has 2 amide bonds. The number of rotatable bonds is 5. The average molecular weight is 370 g/mol. The highest BCUT2D eigenvalue weighted by Crippen LogP contribution is 2.34. The van der Waals surface area contributed by atoms with Crippen molar-refractivity contribution in [3.63, 3.8) is 0 Å². The number of hydrogen-bond acceptors (Lipinski definition) is 3. The minimum absolute atomic E-state index is 0.127. The molecule has 0 radical (unpaired) electrons. The van der Waals surface area contributed by atoms with Crippen LogP contribution in [0.2, 0.25) is 0 Å². The second-order valence-corrected chi connectivity index (χ2v) is 6.30. The molecule has 0 aromatic heterocycles. The number of para-hydroxylation sites is 3. The van der Waals surface area contributed by atoms with Gasteiger partial charge in [-0.1, -0.05) is 54.6 Å². The predicted molar refractivity (Wildman–Crippen MR) is 110 cm³/mol. The first-order valence-corrected chi connectivity index (χ1v) is 8.90. The molecule has 2 N–H and O–H groups in total. The Balaban J connectivity index is 1.52. The highest BCUT2D eigenvalue weighted by Gasteiger charge is 2.23. The van der Waals surface area contributed by atoms with Crippen LogP contribution < -0.4 is 15.4 Å². The topological polar surface area (TPSA) is 67.4 Å². The van der Waals surface area contributed by atoms with Crippen molar-refractivity contribution in [2.24, 2.45) is 0 Å². The van der Waals surface area contributed by atoms with Crippen molar-refractivity contribution in [3.05, 3.63) is 90.0 Å². The zero-order valence-electron chi connectivity index (χ0n) is 15.0. The van der Waals surface area contributed by atoms with Crippen LogP contribution >= 0.6 is 0 Å². The number of anilines is 2. The largest absolute Gasteiger partial charge is 0.483 e. The van der Waals surface area contributed by atoms with Gasteiger partial charge in [0.05, 0.1) is 0 Å². The van der Waals surface area contributed by atoms with E-state index in [9.17, 15) is 9.59 Å². The molecule has 0 aliphatic carbocycles. The highest BCUT2D eigenvalue weighted by molar-refractivity contribution is 6.35. The molecule has 0 saturated heterocycles. The Bertz CT molecular complexity index is 1060. The lowest BCUT2D eigenvalue weighted by molar-refractivity contribution is -0.118. The summed E-state index contributed by atoms with van der Waals surface area (Å²) in [4.78, 5) is 24.5. The molecule has 138 valence electrons. The molecule has 28 heavy (non-hydrogen) atoms. The van der Waals surface area contributed by atoms with Crippen LogP contribution in [0.5, 0.6) is 5.75 Å². The number of hydrogen-bond donors (Lipinski definition) is 2. The molecular formula is C23H18N2O3. The first-order chi connectivity index (χ1) is 13.7. The zero-order chi connectivity index (χ0) is 19.3. The van der Waals surface area contributed by atoms with Crippen molar-refractivity contribution in [1.29, 1.82) is 0 Å². The first-order valence-electron chi connectivity index (χ1n) is 8.90. The number of amides is 2. The van der Waals surface area contributed by atoms with E-state index in [0.717, 1.165) is 16.8 Å². The van der Waals surface area contributed by atoms with Gasteiger partial charge >= 0.3 is 0 Å². The Morgan fingerprint density at radius 3 is 2.50 bits per heavy atom. The maximum absolute atomic E-state index is 12.3. The molecule has 0 saturated carbocycles. The zero-order valence-corrected chi connectivity index (χ0v) is 15.0. The van der Waals surface area contributed by atoms with E-state index in [1.807, 2.05) is 72.8 Å². The van der Waals surface area contributed by atoms with Crippen molar-refractivity contribution < 1.29 is 14.3 Å². The Hall–Kier alpha value is -3.86. The quantitative estimate of drug-likeness (QED) is 0.662. The van der Waals surface area contributed by atoms with Gasteiger partial charge in [0.15, 0.2) is 6.61 Å². The lowest BCUT2D eigenvalue weighted by Gasteiger charge is -2.10. The maximum Gasteiger partial charge on any atom is 0.262 e. The van der Waals surface area contributed by atoms with Crippen LogP contribution in [0.3, 0.4) is 0 Å². The van der Waals surface area contributed by atoms with Crippen molar-refractivity contribution >= 4 is 34.8 Å². The number of ether oxygens (including phenoxy) is 1. The normalized spacial score (nSPS) is 13.7. The van der Waals surface area contributed by atoms with Crippen LogP contribution in [-0.4, -0.2) is 18.4 Å². The molecule has 1 aliphatic heterocycles. The van der Waals surface area contributed by atoms with Crippen LogP contribution in [0.1, 0.15) is 11.1 Å². The summed E-state index contributed by atoms with van der Waals surface area (Å²) in [7, 11) is 0. The molecule has 0 unspecified atom stereocenters. The minimum atomic E-state index is -0.252. The summed E-state index contributed by atoms with van der Waals surface area (Å²) >= 11 is 0. The fourth-order valence-electron chi connectivity index (χ4n) is 3.03. The van der Waals surface area contributed by atoms with Crippen LogP contribution in [0.25, 0.3) is 11.6 Å². The third-order valence-corrected chi connectivity index (χ3v) is 4.35. The van der Waals surface area contributed by atoms with E-state index in [-0.39, 0.29) is 18.4 Å². The summed E-state index contributed by atoms with van der Waals surface area (Å²) in [6, 6.07) is 24.1. The summed E-state index contributed by atoms with van der Waals surface area (Å²) in [5.41, 5.74) is 3.66. The highest BCUT2D eigenvalue weighted by atomic mass is 16.5. The molecule has 0 atom stereocenters. The van der Waals surface area contributed by atoms with Gasteiger partial charge in [0, 0.05) is 28.1 Å². The summed E-state index contributed by atoms with van der Waals surface area (Å²) < 4.78 is 5.72. The van der Waals surface area contributed by atoms with Crippen LogP contribution in [-0.2, 0) is 9.59 Å². The number of fused-ring (bicyclic) bond motifs is 1. The summed E-state index contributed by atoms with van der Waals surface area (Å²) in [5, 5.41) is 5.63. The van der Waals surface area contributed by atoms with Gasteiger partial charge in [-0.15, -0.1) is 0 Å². The molecule has 3 aromatic rings. The van der Waals surface area contributed by atoms with E-state index in [4.69, 9.17) is 4.74 Å². The van der Waals surface area contributed by atoms with Gasteiger partial charge in [-0.25, -0.2) is 0 Å². The molecule has 1 heterocycles. The predicted octanol–water partition coefficient (Wildman–Crippen LogP) is 4.20. The van der Waals surface area contributed by atoms with Crippen molar-refractivity contribution in [3.8, 4) is 5.75 Å². The summed E-state index contributed by atoms with van der Waals surface area (Å²) in [6.07, 6.45) is 1.78. The monoisotopic (exact) mass is 370 g/mol. The molecule has 0 spiro atoms. The van der Waals surface area contributed by atoms with Crippen LogP contribution in [0.4, 0.5) is 11.4 Å². The summed E-state index contributed by atoms with van der Waals surface area (Å²) in [5.74, 6) is 0.130. The van der Waals surface area contributed by atoms with Gasteiger partial charge in [0.1, 0.15) is 5.75 Å². The van der Waals surface area contributed by atoms with E-state index in [2.05, 4.69) is 10.6 Å². The minimum Gasteiger partial charge on any atom is -0.483 e. The molecule has 5 nitrogen and oxygen atoms in total. The Morgan fingerprint density at radius 1 is 0.929 bits per heavy atom. The van der Waals surface area contributed by atoms with Gasteiger partial charge in [-0.3, -0.25) is 9.59 Å². The van der Waals surface area contributed by atoms with Gasteiger partial charge in [0.2, 0.25) is 0 Å². The van der Waals surface area contributed by atoms with Crippen LogP contribution in [0.15, 0.2) is 78.9 Å². The molecule has 5 heteroatoms. The van der Waals surface area contributed by atoms with Gasteiger partial charge in [0.25, 0.3) is 11.8 Å². The first kappa shape index (κ1) is 17.5. The second-order valence-electron chi connectivity index (χ2n) is 6.30. The number of carbonyl (C=O) groups is 2. The standard InChI is InChI=1S/C23H18N2O3/c26-22(24-17-9-2-1-3-10-17)15-28-21-13-7-4-8-16(21)14-19-18-11-5-6-12-20(18)25-23(19)27/h1-14H,15H2,(H,24,26)(H,25,27)/b19-14+. The van der Waals surface area contributed by atoms with Crippen molar-refractivity contribution in [1.82, 2.24) is 0 Å². The fourth-order valence-corrected chi connectivity index (χ4v) is 3.03. The van der Waals surface area contributed by atoms with Gasteiger partial charge in [-0.05, 0) is 30.3 Å². The molecule has 1 aliphatic rings. The van der Waals surface area contributed by atoms with Crippen molar-refractivity contribution in [2.45, 2.75) is 0 Å². The lowest BCUT2D eigenvalue weighted by atomic mass is 10.0. The Labute approximate surface area is 162 Å². The Morgan fingerprint density at radius 2 is 1.64 bits per heavy atom. The van der Waals surface area contributed by atoms with E-state index < -0.39 is 0 Å². The number of nitrogens with one attached hydrogen (secondary N) is 2. The van der Waals surface area contributed by atoms with E-state index >= 15 is 0 Å². The van der Waals surface area contributed by atoms with Crippen LogP contribution in [0, 0.1) is 0 Å². The number of benzene rings is 3. The van der Waals surface area contributed by atoms with Crippen molar-refractivity contribution in [2.75, 3.05) is 17.2 Å². The molecule has 4 rings (SSSR count). The maximum atomic E-state index is 12.3. The van der Waals surface area contributed by atoms with Gasteiger partial charge < -0.3 is 15.4 Å². The SMILES string of the molecule is O=C(COc1ccccc1/C=C1/C(=O)Nc2ccccc21)Nc1ccccc1. The lowest BCUT2D eigenvalue weighted by Crippen LogP contribution is -2.20. The molecule has 3 aromatic carbocycles. The third-order valence-electron chi connectivity index (χ3n) is 4.35. The average Bonchev–Trinajstić information content (AvgIpc) is 3.03. The molecule has 0 fully saturated rings. The Kier molecular flexibility index (Phi) is 4.89. The molecule has 0 bridgehead atoms. The molecular weight excluding hydrogens is 352 g/mol. The van der Waals surface area contributed by atoms with E-state index in [1.54, 1.807) is 12.1 Å². The van der Waals surface area contributed by atoms with E-state index in [1.165, 1.54) is 0 Å². The third kappa shape index (κ3) is 3.78. The second kappa shape index (κ2) is 7.80. The number of carbonyl (C=O) groups excluding carboxylic acids is 2. The smallest absolute Gasteiger partial charge is 0.262 e. The summed E-state index contributed by atoms with van der Waals surface area (Å²) in [6.45, 7) is -0.127. The van der Waals surface area contributed by atoms with Gasteiger partial charge in [-0.2, -0.15) is 0 Å². The van der Waals surface area contributed by atoms with E-state index in [0.29, 0.717) is 17.0 Å².